The molecule has 130 valence electrons. The summed E-state index contributed by atoms with van der Waals surface area (Å²) in [6.45, 7) is 4.26. The molecule has 0 saturated heterocycles. The second-order valence-electron chi connectivity index (χ2n) is 6.43. The highest BCUT2D eigenvalue weighted by atomic mass is 16.5. The van der Waals surface area contributed by atoms with E-state index in [1.165, 1.54) is 0 Å². The molecule has 4 nitrogen and oxygen atoms in total. The molecule has 3 rings (SSSR count). The molecule has 0 radical (unpaired) electrons. The summed E-state index contributed by atoms with van der Waals surface area (Å²) < 4.78 is 5.29. The summed E-state index contributed by atoms with van der Waals surface area (Å²) >= 11 is 0. The van der Waals surface area contributed by atoms with E-state index in [1.807, 2.05) is 44.2 Å². The molecule has 0 heterocycles. The van der Waals surface area contributed by atoms with Gasteiger partial charge in [0.1, 0.15) is 11.6 Å². The molecule has 1 unspecified atom stereocenters. The first kappa shape index (κ1) is 17.6. The Labute approximate surface area is 152 Å². The Hall–Kier alpha value is -3.19. The Morgan fingerprint density at radius 1 is 1.15 bits per heavy atom. The van der Waals surface area contributed by atoms with E-state index in [4.69, 9.17) is 4.74 Å². The minimum Gasteiger partial charge on any atom is -0.461 e. The summed E-state index contributed by atoms with van der Waals surface area (Å²) in [6.07, 6.45) is 2.73. The van der Waals surface area contributed by atoms with E-state index in [9.17, 15) is 14.9 Å². The molecule has 1 aliphatic carbocycles. The van der Waals surface area contributed by atoms with Crippen molar-refractivity contribution in [3.05, 3.63) is 69.6 Å². The number of nitriles is 1. The zero-order valence-corrected chi connectivity index (χ0v) is 14.8. The second-order valence-corrected chi connectivity index (χ2v) is 6.43. The van der Waals surface area contributed by atoms with E-state index in [0.717, 1.165) is 12.0 Å². The van der Waals surface area contributed by atoms with Crippen molar-refractivity contribution in [2.45, 2.75) is 20.3 Å². The van der Waals surface area contributed by atoms with Gasteiger partial charge in [-0.1, -0.05) is 62.7 Å². The third kappa shape index (κ3) is 3.16. The van der Waals surface area contributed by atoms with E-state index >= 15 is 0 Å². The van der Waals surface area contributed by atoms with Gasteiger partial charge in [0, 0.05) is 16.3 Å². The Morgan fingerprint density at radius 3 is 2.62 bits per heavy atom. The van der Waals surface area contributed by atoms with Crippen molar-refractivity contribution in [1.29, 1.82) is 5.26 Å². The number of carbonyl (C=O) groups is 2. The Morgan fingerprint density at radius 2 is 1.88 bits per heavy atom. The lowest BCUT2D eigenvalue weighted by molar-refractivity contribution is -0.137. The normalized spacial score (nSPS) is 14.3. The molecule has 0 spiro atoms. The van der Waals surface area contributed by atoms with E-state index < -0.39 is 5.97 Å². The number of esters is 1. The molecule has 1 atom stereocenters. The summed E-state index contributed by atoms with van der Waals surface area (Å²) in [5.74, 6) is -0.533. The fraction of sp³-hybridized carbons (Fsp3) is 0.227. The molecule has 2 aromatic rings. The van der Waals surface area contributed by atoms with Crippen LogP contribution in [-0.2, 0) is 9.53 Å². The van der Waals surface area contributed by atoms with Crippen LogP contribution in [0.4, 0.5) is 0 Å². The highest BCUT2D eigenvalue weighted by Gasteiger charge is 2.21. The predicted molar refractivity (Wildman–Crippen MR) is 98.6 cm³/mol. The van der Waals surface area contributed by atoms with Crippen molar-refractivity contribution in [3.8, 4) is 6.07 Å². The zero-order chi connectivity index (χ0) is 18.7. The number of fused-ring (bicyclic) bond motifs is 2. The van der Waals surface area contributed by atoms with Gasteiger partial charge in [0.05, 0.1) is 6.61 Å². The van der Waals surface area contributed by atoms with Crippen LogP contribution >= 0.6 is 0 Å². The third-order valence-corrected chi connectivity index (χ3v) is 4.64. The molecule has 26 heavy (non-hydrogen) atoms. The number of carbonyl (C=O) groups excluding carboxylic acids is 2. The summed E-state index contributed by atoms with van der Waals surface area (Å²) in [5.41, 5.74) is 1.81. The molecule has 0 fully saturated rings. The lowest BCUT2D eigenvalue weighted by atomic mass is 9.90. The summed E-state index contributed by atoms with van der Waals surface area (Å²) in [4.78, 5) is 25.2. The van der Waals surface area contributed by atoms with Gasteiger partial charge in [-0.3, -0.25) is 4.79 Å². The molecular weight excluding hydrogens is 326 g/mol. The molecule has 0 N–H and O–H groups in total. The summed E-state index contributed by atoms with van der Waals surface area (Å²) in [7, 11) is 0. The highest BCUT2D eigenvalue weighted by molar-refractivity contribution is 6.17. The van der Waals surface area contributed by atoms with E-state index in [2.05, 4.69) is 0 Å². The Bertz CT molecular complexity index is 1040. The third-order valence-electron chi connectivity index (χ3n) is 4.64. The number of nitrogens with zero attached hydrogens (tertiary/aromatic N) is 1. The summed E-state index contributed by atoms with van der Waals surface area (Å²) in [5, 5.41) is 10.6. The Balaban J connectivity index is 2.18. The predicted octanol–water partition coefficient (Wildman–Crippen LogP) is 2.32. The van der Waals surface area contributed by atoms with Crippen molar-refractivity contribution in [2.24, 2.45) is 5.92 Å². The van der Waals surface area contributed by atoms with E-state index in [0.29, 0.717) is 21.6 Å². The van der Waals surface area contributed by atoms with Crippen molar-refractivity contribution in [2.75, 3.05) is 6.61 Å². The lowest BCUT2D eigenvalue weighted by Gasteiger charge is -2.13. The van der Waals surface area contributed by atoms with Gasteiger partial charge >= 0.3 is 5.97 Å². The van der Waals surface area contributed by atoms with Gasteiger partial charge in [-0.25, -0.2) is 4.79 Å². The quantitative estimate of drug-likeness (QED) is 0.681. The van der Waals surface area contributed by atoms with Crippen LogP contribution < -0.4 is 10.4 Å². The average molecular weight is 345 g/mol. The first-order valence-electron chi connectivity index (χ1n) is 8.62. The minimum atomic E-state index is -0.652. The molecule has 0 saturated carbocycles. The van der Waals surface area contributed by atoms with Gasteiger partial charge in [-0.15, -0.1) is 0 Å². The molecule has 0 amide bonds. The van der Waals surface area contributed by atoms with Gasteiger partial charge in [0.25, 0.3) is 0 Å². The molecule has 0 aromatic heterocycles. The van der Waals surface area contributed by atoms with Crippen LogP contribution in [0.5, 0.6) is 0 Å². The van der Waals surface area contributed by atoms with Gasteiger partial charge < -0.3 is 4.74 Å². The van der Waals surface area contributed by atoms with Crippen molar-refractivity contribution >= 4 is 23.4 Å². The van der Waals surface area contributed by atoms with Crippen LogP contribution in [0.3, 0.4) is 0 Å². The fourth-order valence-corrected chi connectivity index (χ4v) is 2.89. The van der Waals surface area contributed by atoms with Gasteiger partial charge in [-0.2, -0.15) is 5.26 Å². The first-order chi connectivity index (χ1) is 12.6. The molecular formula is C22H19NO3. The number of hydrogen-bond acceptors (Lipinski definition) is 4. The summed E-state index contributed by atoms with van der Waals surface area (Å²) in [6, 6.07) is 14.3. The number of benzene rings is 2. The van der Waals surface area contributed by atoms with Crippen LogP contribution in [0.25, 0.3) is 11.6 Å². The number of hydrogen-bond donors (Lipinski definition) is 0. The van der Waals surface area contributed by atoms with Crippen LogP contribution in [0.1, 0.15) is 41.8 Å². The van der Waals surface area contributed by atoms with E-state index in [1.54, 1.807) is 24.3 Å². The second kappa shape index (κ2) is 7.37. The lowest BCUT2D eigenvalue weighted by Crippen LogP contribution is -2.37. The SMILES string of the molecule is CCC(C)COC(=O)/C(C#N)=c1\cccc2c1=Cc1ccccc1C2=O. The minimum absolute atomic E-state index is 0.0754. The van der Waals surface area contributed by atoms with Crippen LogP contribution in [0.15, 0.2) is 42.5 Å². The van der Waals surface area contributed by atoms with Gasteiger partial charge in [0.2, 0.25) is 0 Å². The fourth-order valence-electron chi connectivity index (χ4n) is 2.89. The smallest absolute Gasteiger partial charge is 0.349 e. The van der Waals surface area contributed by atoms with Crippen molar-refractivity contribution in [3.63, 3.8) is 0 Å². The number of rotatable bonds is 4. The largest absolute Gasteiger partial charge is 0.461 e. The molecule has 0 aliphatic heterocycles. The van der Waals surface area contributed by atoms with Crippen molar-refractivity contribution < 1.29 is 14.3 Å². The monoisotopic (exact) mass is 345 g/mol. The van der Waals surface area contributed by atoms with Gasteiger partial charge in [0.15, 0.2) is 5.78 Å². The number of ether oxygens (including phenoxy) is 1. The molecule has 4 heteroatoms. The number of ketones is 1. The molecule has 0 bridgehead atoms. The van der Waals surface area contributed by atoms with Crippen LogP contribution in [0, 0.1) is 17.2 Å². The maximum Gasteiger partial charge on any atom is 0.349 e. The molecule has 2 aromatic carbocycles. The average Bonchev–Trinajstić information content (AvgIpc) is 2.67. The first-order valence-corrected chi connectivity index (χ1v) is 8.62. The van der Waals surface area contributed by atoms with Gasteiger partial charge in [-0.05, 0) is 22.8 Å². The van der Waals surface area contributed by atoms with Crippen LogP contribution in [-0.4, -0.2) is 18.4 Å². The van der Waals surface area contributed by atoms with Crippen molar-refractivity contribution in [1.82, 2.24) is 0 Å². The zero-order valence-electron chi connectivity index (χ0n) is 14.8. The van der Waals surface area contributed by atoms with E-state index in [-0.39, 0.29) is 23.9 Å². The standard InChI is InChI=1S/C22H19NO3/c1-3-14(2)13-26-22(25)20(12-23)17-9-6-10-18-19(17)11-15-7-4-5-8-16(15)21(18)24/h4-11,14H,3,13H2,1-2H3/b20-17+. The Kier molecular flexibility index (Phi) is 4.99. The molecule has 1 aliphatic rings. The maximum atomic E-state index is 12.8. The highest BCUT2D eigenvalue weighted by Crippen LogP contribution is 2.17. The topological polar surface area (TPSA) is 67.2 Å². The van der Waals surface area contributed by atoms with Crippen LogP contribution in [0.2, 0.25) is 0 Å². The maximum absolute atomic E-state index is 12.8.